The monoisotopic (exact) mass is 342 g/mol. The van der Waals surface area contributed by atoms with Crippen molar-refractivity contribution < 1.29 is 23.0 Å². The minimum absolute atomic E-state index is 0.00541. The quantitative estimate of drug-likeness (QED) is 0.725. The van der Waals surface area contributed by atoms with Crippen LogP contribution in [-0.4, -0.2) is 52.0 Å². The molecule has 2 aliphatic heterocycles. The summed E-state index contributed by atoms with van der Waals surface area (Å²) in [6, 6.07) is 4.53. The van der Waals surface area contributed by atoms with E-state index in [4.69, 9.17) is 9.47 Å². The highest BCUT2D eigenvalue weighted by molar-refractivity contribution is 7.89. The summed E-state index contributed by atoms with van der Waals surface area (Å²) in [5.41, 5.74) is -1.01. The van der Waals surface area contributed by atoms with Crippen molar-refractivity contribution in [2.75, 3.05) is 32.8 Å². The third-order valence-electron chi connectivity index (χ3n) is 4.18. The van der Waals surface area contributed by atoms with Gasteiger partial charge in [0.25, 0.3) is 0 Å². The van der Waals surface area contributed by atoms with Crippen LogP contribution in [0, 0.1) is 0 Å². The molecule has 0 aliphatic carbocycles. The van der Waals surface area contributed by atoms with Gasteiger partial charge in [-0.1, -0.05) is 0 Å². The van der Waals surface area contributed by atoms with E-state index in [0.29, 0.717) is 44.1 Å². The third-order valence-corrected chi connectivity index (χ3v) is 5.58. The third kappa shape index (κ3) is 3.95. The lowest BCUT2D eigenvalue weighted by Crippen LogP contribution is -2.43. The van der Waals surface area contributed by atoms with Gasteiger partial charge in [0.15, 0.2) is 11.5 Å². The highest BCUT2D eigenvalue weighted by Gasteiger charge is 2.30. The van der Waals surface area contributed by atoms with Gasteiger partial charge in [-0.25, -0.2) is 13.1 Å². The summed E-state index contributed by atoms with van der Waals surface area (Å²) in [5, 5.41) is 13.7. The maximum absolute atomic E-state index is 12.5. The van der Waals surface area contributed by atoms with E-state index >= 15 is 0 Å². The number of nitrogens with one attached hydrogen (secondary N) is 2. The Kier molecular flexibility index (Phi) is 4.77. The van der Waals surface area contributed by atoms with Gasteiger partial charge in [-0.3, -0.25) is 0 Å². The minimum atomic E-state index is -3.71. The van der Waals surface area contributed by atoms with Gasteiger partial charge < -0.3 is 19.9 Å². The number of ether oxygens (including phenoxy) is 2. The van der Waals surface area contributed by atoms with E-state index in [2.05, 4.69) is 10.0 Å². The molecule has 0 unspecified atom stereocenters. The van der Waals surface area contributed by atoms with Crippen LogP contribution in [0.3, 0.4) is 0 Å². The van der Waals surface area contributed by atoms with Crippen LogP contribution in [0.4, 0.5) is 0 Å². The Morgan fingerprint density at radius 2 is 1.96 bits per heavy atom. The van der Waals surface area contributed by atoms with Crippen molar-refractivity contribution in [1.29, 1.82) is 0 Å². The summed E-state index contributed by atoms with van der Waals surface area (Å²) >= 11 is 0. The fourth-order valence-electron chi connectivity index (χ4n) is 2.79. The normalized spacial score (nSPS) is 24.9. The second-order valence-electron chi connectivity index (χ2n) is 5.96. The van der Waals surface area contributed by atoms with Crippen molar-refractivity contribution in [3.05, 3.63) is 18.2 Å². The van der Waals surface area contributed by atoms with Crippen LogP contribution in [-0.2, 0) is 10.0 Å². The average Bonchev–Trinajstić information content (AvgIpc) is 2.78. The second kappa shape index (κ2) is 6.64. The Labute approximate surface area is 136 Å². The summed E-state index contributed by atoms with van der Waals surface area (Å²) in [4.78, 5) is 0.108. The molecule has 1 aromatic carbocycles. The van der Waals surface area contributed by atoms with Gasteiger partial charge in [-0.05, 0) is 44.5 Å². The molecule has 1 aromatic rings. The number of hydrogen-bond acceptors (Lipinski definition) is 6. The van der Waals surface area contributed by atoms with Crippen molar-refractivity contribution in [3.63, 3.8) is 0 Å². The molecule has 8 heteroatoms. The van der Waals surface area contributed by atoms with Crippen molar-refractivity contribution in [3.8, 4) is 11.5 Å². The van der Waals surface area contributed by atoms with Gasteiger partial charge in [-0.2, -0.15) is 0 Å². The molecule has 1 saturated heterocycles. The minimum Gasteiger partial charge on any atom is -0.486 e. The molecule has 3 N–H and O–H groups in total. The number of fused-ring (bicyclic) bond motifs is 1. The van der Waals surface area contributed by atoms with Crippen LogP contribution in [0.25, 0.3) is 0 Å². The topological polar surface area (TPSA) is 96.9 Å². The summed E-state index contributed by atoms with van der Waals surface area (Å²) in [7, 11) is -3.71. The molecule has 7 nitrogen and oxygen atoms in total. The van der Waals surface area contributed by atoms with Crippen molar-refractivity contribution >= 4 is 10.0 Å². The lowest BCUT2D eigenvalue weighted by molar-refractivity contribution is 0.0335. The van der Waals surface area contributed by atoms with Gasteiger partial charge in [-0.15, -0.1) is 0 Å². The summed E-state index contributed by atoms with van der Waals surface area (Å²) in [6.07, 6.45) is 1.92. The predicted molar refractivity (Wildman–Crippen MR) is 84.3 cm³/mol. The molecule has 0 amide bonds. The second-order valence-corrected chi connectivity index (χ2v) is 7.72. The molecule has 2 heterocycles. The van der Waals surface area contributed by atoms with Crippen LogP contribution >= 0.6 is 0 Å². The van der Waals surface area contributed by atoms with Crippen molar-refractivity contribution in [2.24, 2.45) is 0 Å². The van der Waals surface area contributed by atoms with Gasteiger partial charge in [0.05, 0.1) is 10.5 Å². The Morgan fingerprint density at radius 3 is 2.78 bits per heavy atom. The van der Waals surface area contributed by atoms with E-state index in [9.17, 15) is 13.5 Å². The number of benzene rings is 1. The van der Waals surface area contributed by atoms with E-state index in [1.807, 2.05) is 0 Å². The summed E-state index contributed by atoms with van der Waals surface area (Å²) in [5.74, 6) is 0.972. The van der Waals surface area contributed by atoms with E-state index in [-0.39, 0.29) is 11.4 Å². The molecule has 0 bridgehead atoms. The zero-order valence-electron chi connectivity index (χ0n) is 12.9. The fraction of sp³-hybridized carbons (Fsp3) is 0.600. The number of aliphatic hydroxyl groups is 1. The van der Waals surface area contributed by atoms with E-state index in [0.717, 1.165) is 13.0 Å². The molecular formula is C15H22N2O5S. The molecule has 0 aromatic heterocycles. The SMILES string of the molecule is O=S(=O)(NC[C@]1(O)CCCNCC1)c1ccc2c(c1)OCCO2. The standard InChI is InChI=1S/C15H22N2O5S/c18-15(4-1-6-16-7-5-15)11-17-23(19,20)12-2-3-13-14(10-12)22-9-8-21-13/h2-3,10,16-18H,1,4-9,11H2/t15-/m0/s1. The average molecular weight is 342 g/mol. The molecule has 3 rings (SSSR count). The van der Waals surface area contributed by atoms with Gasteiger partial charge in [0.2, 0.25) is 10.0 Å². The summed E-state index contributed by atoms with van der Waals surface area (Å²) < 4.78 is 38.2. The number of rotatable bonds is 4. The van der Waals surface area contributed by atoms with Crippen molar-refractivity contribution in [1.82, 2.24) is 10.0 Å². The van der Waals surface area contributed by atoms with E-state index in [1.54, 1.807) is 6.07 Å². The molecule has 128 valence electrons. The highest BCUT2D eigenvalue weighted by Crippen LogP contribution is 2.32. The molecule has 0 radical (unpaired) electrons. The van der Waals surface area contributed by atoms with Crippen LogP contribution in [0.1, 0.15) is 19.3 Å². The molecule has 0 spiro atoms. The van der Waals surface area contributed by atoms with Gasteiger partial charge in [0.1, 0.15) is 13.2 Å². The largest absolute Gasteiger partial charge is 0.486 e. The molecule has 0 saturated carbocycles. The lowest BCUT2D eigenvalue weighted by Gasteiger charge is -2.26. The van der Waals surface area contributed by atoms with Crippen LogP contribution in [0.15, 0.2) is 23.1 Å². The molecule has 23 heavy (non-hydrogen) atoms. The van der Waals surface area contributed by atoms with E-state index in [1.165, 1.54) is 12.1 Å². The maximum atomic E-state index is 12.5. The van der Waals surface area contributed by atoms with Gasteiger partial charge in [0, 0.05) is 12.6 Å². The lowest BCUT2D eigenvalue weighted by atomic mass is 9.95. The molecular weight excluding hydrogens is 320 g/mol. The van der Waals surface area contributed by atoms with Crippen LogP contribution in [0.5, 0.6) is 11.5 Å². The maximum Gasteiger partial charge on any atom is 0.240 e. The molecule has 1 fully saturated rings. The zero-order chi connectivity index (χ0) is 16.3. The Balaban J connectivity index is 1.71. The van der Waals surface area contributed by atoms with Crippen LogP contribution in [0.2, 0.25) is 0 Å². The van der Waals surface area contributed by atoms with Crippen molar-refractivity contribution in [2.45, 2.75) is 29.8 Å². The first kappa shape index (κ1) is 16.5. The Bertz CT molecular complexity index is 654. The number of hydrogen-bond donors (Lipinski definition) is 3. The highest BCUT2D eigenvalue weighted by atomic mass is 32.2. The smallest absolute Gasteiger partial charge is 0.240 e. The first-order valence-corrected chi connectivity index (χ1v) is 9.29. The first-order chi connectivity index (χ1) is 11.0. The summed E-state index contributed by atoms with van der Waals surface area (Å²) in [6.45, 7) is 2.39. The van der Waals surface area contributed by atoms with Crippen LogP contribution < -0.4 is 19.5 Å². The first-order valence-electron chi connectivity index (χ1n) is 7.81. The number of sulfonamides is 1. The zero-order valence-corrected chi connectivity index (χ0v) is 13.7. The predicted octanol–water partition coefficient (Wildman–Crippen LogP) is 0.241. The Morgan fingerprint density at radius 1 is 1.17 bits per heavy atom. The van der Waals surface area contributed by atoms with E-state index < -0.39 is 15.6 Å². The van der Waals surface area contributed by atoms with Gasteiger partial charge >= 0.3 is 0 Å². The molecule has 1 atom stereocenters. The molecule has 2 aliphatic rings. The fourth-order valence-corrected chi connectivity index (χ4v) is 3.93. The Hall–Kier alpha value is -1.35.